The van der Waals surface area contributed by atoms with Gasteiger partial charge in [0.25, 0.3) is 5.91 Å². The second-order valence-corrected chi connectivity index (χ2v) is 8.21. The molecular weight excluding hydrogens is 406 g/mol. The Kier molecular flexibility index (Phi) is 8.19. The number of hydrogen-bond donors (Lipinski definition) is 2. The minimum atomic E-state index is -0.365. The van der Waals surface area contributed by atoms with Gasteiger partial charge in [-0.15, -0.1) is 0 Å². The van der Waals surface area contributed by atoms with Gasteiger partial charge < -0.3 is 15.0 Å². The highest BCUT2D eigenvalue weighted by Gasteiger charge is 2.22. The molecule has 0 spiro atoms. The summed E-state index contributed by atoms with van der Waals surface area (Å²) in [5.74, 6) is 0.393. The van der Waals surface area contributed by atoms with E-state index in [1.165, 1.54) is 11.6 Å². The van der Waals surface area contributed by atoms with Gasteiger partial charge in [0, 0.05) is 44.8 Å². The second kappa shape index (κ2) is 11.7. The first-order chi connectivity index (χ1) is 15.7. The minimum absolute atomic E-state index is 0.357. The lowest BCUT2D eigenvalue weighted by Crippen LogP contribution is -2.32. The van der Waals surface area contributed by atoms with Crippen molar-refractivity contribution >= 4 is 17.8 Å². The fraction of sp³-hybridized carbons (Fsp3) is 0.458. The molecule has 1 amide bonds. The molecule has 32 heavy (non-hydrogen) atoms. The van der Waals surface area contributed by atoms with Gasteiger partial charge in [0.05, 0.1) is 18.1 Å². The van der Waals surface area contributed by atoms with Gasteiger partial charge in [0.15, 0.2) is 6.29 Å². The molecule has 3 heterocycles. The third-order valence-corrected chi connectivity index (χ3v) is 5.69. The van der Waals surface area contributed by atoms with E-state index in [9.17, 15) is 4.79 Å². The summed E-state index contributed by atoms with van der Waals surface area (Å²) < 4.78 is 5.41. The van der Waals surface area contributed by atoms with Crippen LogP contribution in [0.1, 0.15) is 36.9 Å². The van der Waals surface area contributed by atoms with Crippen LogP contribution in [0.15, 0.2) is 48.8 Å². The summed E-state index contributed by atoms with van der Waals surface area (Å²) in [7, 11) is 0. The lowest BCUT2D eigenvalue weighted by molar-refractivity contribution is -0.198. The Hall–Kier alpha value is -2.81. The zero-order valence-electron chi connectivity index (χ0n) is 18.3. The number of aromatic nitrogens is 2. The maximum Gasteiger partial charge on any atom is 0.267 e. The van der Waals surface area contributed by atoms with Gasteiger partial charge in [-0.2, -0.15) is 0 Å². The predicted octanol–water partition coefficient (Wildman–Crippen LogP) is 2.79. The van der Waals surface area contributed by atoms with Crippen molar-refractivity contribution in [3.63, 3.8) is 0 Å². The number of nitrogens with zero attached hydrogens (tertiary/aromatic N) is 3. The van der Waals surface area contributed by atoms with E-state index in [0.29, 0.717) is 18.3 Å². The summed E-state index contributed by atoms with van der Waals surface area (Å²) in [6.45, 7) is 3.82. The van der Waals surface area contributed by atoms with E-state index in [4.69, 9.17) is 9.57 Å². The average Bonchev–Trinajstić information content (AvgIpc) is 3.29. The number of hydroxylamine groups is 1. The summed E-state index contributed by atoms with van der Waals surface area (Å²) in [4.78, 5) is 28.4. The van der Waals surface area contributed by atoms with E-state index < -0.39 is 0 Å². The molecule has 2 fully saturated rings. The van der Waals surface area contributed by atoms with Crippen LogP contribution >= 0.6 is 0 Å². The van der Waals surface area contributed by atoms with E-state index >= 15 is 0 Å². The van der Waals surface area contributed by atoms with Gasteiger partial charge in [-0.1, -0.05) is 30.3 Å². The van der Waals surface area contributed by atoms with Crippen molar-refractivity contribution in [2.75, 3.05) is 31.6 Å². The van der Waals surface area contributed by atoms with Crippen LogP contribution in [0, 0.1) is 0 Å². The fourth-order valence-electron chi connectivity index (χ4n) is 3.92. The molecule has 2 N–H and O–H groups in total. The molecule has 0 bridgehead atoms. The molecule has 0 radical (unpaired) electrons. The van der Waals surface area contributed by atoms with Crippen LogP contribution in [0.25, 0.3) is 6.08 Å². The number of anilines is 1. The monoisotopic (exact) mass is 437 g/mol. The number of rotatable bonds is 9. The number of carbonyl (C=O) groups is 1. The van der Waals surface area contributed by atoms with Crippen LogP contribution < -0.4 is 10.8 Å². The summed E-state index contributed by atoms with van der Waals surface area (Å²) in [5, 5.41) is 3.47. The van der Waals surface area contributed by atoms with Crippen molar-refractivity contribution in [2.45, 2.75) is 44.4 Å². The molecule has 1 aromatic carbocycles. The van der Waals surface area contributed by atoms with E-state index in [0.717, 1.165) is 57.6 Å². The Morgan fingerprint density at radius 2 is 2.09 bits per heavy atom. The van der Waals surface area contributed by atoms with E-state index in [1.54, 1.807) is 18.5 Å². The zero-order valence-corrected chi connectivity index (χ0v) is 18.3. The summed E-state index contributed by atoms with van der Waals surface area (Å²) >= 11 is 0. The Balaban J connectivity index is 1.16. The number of likely N-dealkylation sites (tertiary alicyclic amines) is 1. The molecule has 0 aliphatic carbocycles. The Bertz CT molecular complexity index is 869. The molecule has 2 aliphatic rings. The Labute approximate surface area is 189 Å². The van der Waals surface area contributed by atoms with Crippen molar-refractivity contribution in [1.29, 1.82) is 0 Å². The first kappa shape index (κ1) is 22.4. The lowest BCUT2D eigenvalue weighted by atomic mass is 10.1. The minimum Gasteiger partial charge on any atom is -0.365 e. The first-order valence-corrected chi connectivity index (χ1v) is 11.3. The lowest BCUT2D eigenvalue weighted by Gasteiger charge is -2.21. The van der Waals surface area contributed by atoms with E-state index in [2.05, 4.69) is 56.0 Å². The van der Waals surface area contributed by atoms with Gasteiger partial charge >= 0.3 is 0 Å². The fourth-order valence-corrected chi connectivity index (χ4v) is 3.92. The van der Waals surface area contributed by atoms with Crippen LogP contribution in [0.3, 0.4) is 0 Å². The maximum atomic E-state index is 11.9. The smallest absolute Gasteiger partial charge is 0.267 e. The van der Waals surface area contributed by atoms with Crippen molar-refractivity contribution in [2.24, 2.45) is 0 Å². The van der Waals surface area contributed by atoms with Gasteiger partial charge in [0.2, 0.25) is 0 Å². The summed E-state index contributed by atoms with van der Waals surface area (Å²) in [6.07, 6.45) is 11.0. The number of ether oxygens (including phenoxy) is 1. The standard InChI is InChI=1S/C24H31N5O3/c30-23(28-32-24-8-4-5-15-31-24)10-9-20-16-26-22(17-25-20)27-21-12-14-29(18-21)13-11-19-6-2-1-3-7-19/h1-3,6-7,9-10,16-17,21,24H,4-5,8,11-15,18H2,(H,26,27)(H,28,30)/t21-,24?/m1/s1. The van der Waals surface area contributed by atoms with Crippen molar-refractivity contribution in [1.82, 2.24) is 20.3 Å². The predicted molar refractivity (Wildman–Crippen MR) is 122 cm³/mol. The van der Waals surface area contributed by atoms with Crippen molar-refractivity contribution < 1.29 is 14.4 Å². The molecule has 4 rings (SSSR count). The van der Waals surface area contributed by atoms with Gasteiger partial charge in [-0.3, -0.25) is 9.78 Å². The first-order valence-electron chi connectivity index (χ1n) is 11.3. The molecule has 8 nitrogen and oxygen atoms in total. The molecule has 2 aromatic rings. The average molecular weight is 438 g/mol. The second-order valence-electron chi connectivity index (χ2n) is 8.21. The highest BCUT2D eigenvalue weighted by Crippen LogP contribution is 2.15. The van der Waals surface area contributed by atoms with Crippen LogP contribution in [-0.4, -0.2) is 59.3 Å². The van der Waals surface area contributed by atoms with Crippen LogP contribution in [0.4, 0.5) is 5.82 Å². The quantitative estimate of drug-likeness (QED) is 0.461. The van der Waals surface area contributed by atoms with Crippen LogP contribution in [0.5, 0.6) is 0 Å². The molecule has 2 aliphatic heterocycles. The molecule has 2 atom stereocenters. The molecule has 1 aromatic heterocycles. The normalized spacial score (nSPS) is 21.6. The van der Waals surface area contributed by atoms with E-state index in [-0.39, 0.29) is 12.2 Å². The Morgan fingerprint density at radius 1 is 1.19 bits per heavy atom. The van der Waals surface area contributed by atoms with Gasteiger partial charge in [-0.25, -0.2) is 15.3 Å². The van der Waals surface area contributed by atoms with Crippen molar-refractivity contribution in [3.05, 3.63) is 60.1 Å². The topological polar surface area (TPSA) is 88.6 Å². The molecule has 8 heteroatoms. The number of carbonyl (C=O) groups excluding carboxylic acids is 1. The largest absolute Gasteiger partial charge is 0.365 e. The maximum absolute atomic E-state index is 11.9. The van der Waals surface area contributed by atoms with Gasteiger partial charge in [-0.05, 0) is 37.3 Å². The Morgan fingerprint density at radius 3 is 2.88 bits per heavy atom. The number of amides is 1. The molecule has 1 unspecified atom stereocenters. The number of nitrogens with one attached hydrogen (secondary N) is 2. The van der Waals surface area contributed by atoms with E-state index in [1.807, 2.05) is 0 Å². The third kappa shape index (κ3) is 7.12. The summed E-state index contributed by atoms with van der Waals surface area (Å²) in [6, 6.07) is 11.0. The molecule has 170 valence electrons. The van der Waals surface area contributed by atoms with Crippen molar-refractivity contribution in [3.8, 4) is 0 Å². The SMILES string of the molecule is O=C(C=Cc1cnc(N[C@@H]2CCN(CCc3ccccc3)C2)cn1)NOC1CCCCO1. The zero-order chi connectivity index (χ0) is 22.0. The van der Waals surface area contributed by atoms with Gasteiger partial charge in [0.1, 0.15) is 5.82 Å². The van der Waals surface area contributed by atoms with Crippen LogP contribution in [-0.2, 0) is 20.8 Å². The molecule has 2 saturated heterocycles. The third-order valence-electron chi connectivity index (χ3n) is 5.69. The highest BCUT2D eigenvalue weighted by atomic mass is 16.8. The van der Waals surface area contributed by atoms with Crippen LogP contribution in [0.2, 0.25) is 0 Å². The number of benzene rings is 1. The number of hydrogen-bond acceptors (Lipinski definition) is 7. The highest BCUT2D eigenvalue weighted by molar-refractivity contribution is 5.90. The summed E-state index contributed by atoms with van der Waals surface area (Å²) in [5.41, 5.74) is 4.37. The molecule has 0 saturated carbocycles. The molecular formula is C24H31N5O3.